The van der Waals surface area contributed by atoms with Crippen LogP contribution in [0.3, 0.4) is 0 Å². The van der Waals surface area contributed by atoms with E-state index in [0.29, 0.717) is 16.3 Å². The molecule has 0 aliphatic carbocycles. The first-order chi connectivity index (χ1) is 10.2. The van der Waals surface area contributed by atoms with Gasteiger partial charge in [0, 0.05) is 11.8 Å². The number of halogens is 1. The van der Waals surface area contributed by atoms with E-state index in [1.54, 1.807) is 12.1 Å². The normalized spacial score (nSPS) is 10.3. The average Bonchev–Trinajstić information content (AvgIpc) is 2.56. The Labute approximate surface area is 128 Å². The third kappa shape index (κ3) is 3.01. The van der Waals surface area contributed by atoms with Gasteiger partial charge < -0.3 is 0 Å². The summed E-state index contributed by atoms with van der Waals surface area (Å²) in [5, 5.41) is 0.519. The average molecular weight is 294 g/mol. The van der Waals surface area contributed by atoms with Gasteiger partial charge in [0.25, 0.3) is 0 Å². The van der Waals surface area contributed by atoms with Gasteiger partial charge in [-0.2, -0.15) is 0 Å². The fourth-order valence-electron chi connectivity index (χ4n) is 2.10. The summed E-state index contributed by atoms with van der Waals surface area (Å²) in [7, 11) is 0. The Morgan fingerprint density at radius 2 is 1.48 bits per heavy atom. The van der Waals surface area contributed by atoms with Gasteiger partial charge in [-0.05, 0) is 23.3 Å². The highest BCUT2D eigenvalue weighted by molar-refractivity contribution is 6.30. The predicted octanol–water partition coefficient (Wildman–Crippen LogP) is 4.63. The number of benzene rings is 2. The van der Waals surface area contributed by atoms with Crippen molar-refractivity contribution in [3.8, 4) is 11.1 Å². The quantitative estimate of drug-likeness (QED) is 0.659. The Hall–Kier alpha value is -2.45. The number of aromatic nitrogens is 1. The van der Waals surface area contributed by atoms with Gasteiger partial charge >= 0.3 is 0 Å². The van der Waals surface area contributed by atoms with E-state index in [1.807, 2.05) is 54.6 Å². The molecule has 3 rings (SSSR count). The van der Waals surface area contributed by atoms with E-state index in [9.17, 15) is 4.79 Å². The van der Waals surface area contributed by atoms with E-state index in [4.69, 9.17) is 11.6 Å². The van der Waals surface area contributed by atoms with Crippen LogP contribution >= 0.6 is 11.6 Å². The molecule has 2 nitrogen and oxygen atoms in total. The third-order valence-corrected chi connectivity index (χ3v) is 3.44. The smallest absolute Gasteiger partial charge is 0.211 e. The molecule has 0 aliphatic rings. The molecule has 0 spiro atoms. The van der Waals surface area contributed by atoms with Crippen molar-refractivity contribution in [2.75, 3.05) is 0 Å². The van der Waals surface area contributed by atoms with E-state index in [2.05, 4.69) is 4.98 Å². The van der Waals surface area contributed by atoms with Crippen molar-refractivity contribution in [2.45, 2.75) is 0 Å². The van der Waals surface area contributed by atoms with E-state index in [0.717, 1.165) is 11.1 Å². The van der Waals surface area contributed by atoms with Gasteiger partial charge in [-0.3, -0.25) is 9.78 Å². The minimum atomic E-state index is -0.105. The van der Waals surface area contributed by atoms with Crippen LogP contribution < -0.4 is 0 Å². The van der Waals surface area contributed by atoms with Crippen molar-refractivity contribution in [3.05, 3.63) is 89.2 Å². The third-order valence-electron chi connectivity index (χ3n) is 3.21. The lowest BCUT2D eigenvalue weighted by Crippen LogP contribution is -2.03. The minimum absolute atomic E-state index is 0.105. The van der Waals surface area contributed by atoms with Gasteiger partial charge in [0.2, 0.25) is 5.78 Å². The van der Waals surface area contributed by atoms with Crippen LogP contribution in [0.15, 0.2) is 72.9 Å². The maximum Gasteiger partial charge on any atom is 0.211 e. The van der Waals surface area contributed by atoms with Crippen LogP contribution in [0.5, 0.6) is 0 Å². The molecule has 2 aromatic carbocycles. The van der Waals surface area contributed by atoms with Gasteiger partial charge in [0.05, 0.1) is 5.02 Å². The molecule has 102 valence electrons. The number of carbonyl (C=O) groups excluding carboxylic acids is 1. The Balaban J connectivity index is 1.87. The van der Waals surface area contributed by atoms with Crippen molar-refractivity contribution < 1.29 is 4.79 Å². The van der Waals surface area contributed by atoms with Crippen LogP contribution in [0.2, 0.25) is 5.02 Å². The zero-order chi connectivity index (χ0) is 14.7. The summed E-state index contributed by atoms with van der Waals surface area (Å²) >= 11 is 5.78. The summed E-state index contributed by atoms with van der Waals surface area (Å²) in [6.07, 6.45) is 1.48. The number of carbonyl (C=O) groups is 1. The number of hydrogen-bond donors (Lipinski definition) is 0. The topological polar surface area (TPSA) is 30.0 Å². The molecule has 3 aromatic rings. The van der Waals surface area contributed by atoms with E-state index < -0.39 is 0 Å². The Morgan fingerprint density at radius 1 is 0.810 bits per heavy atom. The standard InChI is InChI=1S/C18H12ClNO/c19-16-10-11-17(20-12-16)18(21)15-8-6-14(7-9-15)13-4-2-1-3-5-13/h1-12H. The molecule has 1 aromatic heterocycles. The number of pyridine rings is 1. The van der Waals surface area contributed by atoms with Gasteiger partial charge in [-0.15, -0.1) is 0 Å². The molecule has 0 N–H and O–H groups in total. The van der Waals surface area contributed by atoms with Crippen molar-refractivity contribution >= 4 is 17.4 Å². The monoisotopic (exact) mass is 293 g/mol. The van der Waals surface area contributed by atoms with E-state index >= 15 is 0 Å². The van der Waals surface area contributed by atoms with Crippen LogP contribution in [0.4, 0.5) is 0 Å². The summed E-state index contributed by atoms with van der Waals surface area (Å²) in [5.41, 5.74) is 3.22. The largest absolute Gasteiger partial charge is 0.287 e. The summed E-state index contributed by atoms with van der Waals surface area (Å²) in [6, 6.07) is 20.9. The molecule has 0 radical (unpaired) electrons. The lowest BCUT2D eigenvalue weighted by atomic mass is 10.0. The first kappa shape index (κ1) is 13.5. The predicted molar refractivity (Wildman–Crippen MR) is 84.6 cm³/mol. The number of ketones is 1. The Bertz CT molecular complexity index is 749. The molecule has 0 atom stereocenters. The van der Waals surface area contributed by atoms with Crippen molar-refractivity contribution in [1.29, 1.82) is 0 Å². The number of rotatable bonds is 3. The molecule has 0 amide bonds. The summed E-state index contributed by atoms with van der Waals surface area (Å²) < 4.78 is 0. The molecular weight excluding hydrogens is 282 g/mol. The van der Waals surface area contributed by atoms with Crippen LogP contribution in [0.1, 0.15) is 16.1 Å². The minimum Gasteiger partial charge on any atom is -0.287 e. The highest BCUT2D eigenvalue weighted by atomic mass is 35.5. The zero-order valence-electron chi connectivity index (χ0n) is 11.2. The van der Waals surface area contributed by atoms with Crippen LogP contribution in [0, 0.1) is 0 Å². The van der Waals surface area contributed by atoms with Gasteiger partial charge in [-0.1, -0.05) is 66.2 Å². The van der Waals surface area contributed by atoms with Crippen LogP contribution in [0.25, 0.3) is 11.1 Å². The van der Waals surface area contributed by atoms with Gasteiger partial charge in [-0.25, -0.2) is 0 Å². The summed E-state index contributed by atoms with van der Waals surface area (Å²) in [6.45, 7) is 0. The first-order valence-electron chi connectivity index (χ1n) is 6.56. The van der Waals surface area contributed by atoms with E-state index in [-0.39, 0.29) is 5.78 Å². The van der Waals surface area contributed by atoms with Crippen molar-refractivity contribution in [2.24, 2.45) is 0 Å². The highest BCUT2D eigenvalue weighted by Gasteiger charge is 2.10. The zero-order valence-corrected chi connectivity index (χ0v) is 11.9. The summed E-state index contributed by atoms with van der Waals surface area (Å²) in [5.74, 6) is -0.105. The SMILES string of the molecule is O=C(c1ccc(-c2ccccc2)cc1)c1ccc(Cl)cn1. The fraction of sp³-hybridized carbons (Fsp3) is 0. The molecule has 3 heteroatoms. The maximum absolute atomic E-state index is 12.3. The molecule has 1 heterocycles. The maximum atomic E-state index is 12.3. The molecule has 0 fully saturated rings. The van der Waals surface area contributed by atoms with E-state index in [1.165, 1.54) is 6.20 Å². The molecule has 21 heavy (non-hydrogen) atoms. The fourth-order valence-corrected chi connectivity index (χ4v) is 2.21. The molecule has 0 saturated heterocycles. The molecule has 0 unspecified atom stereocenters. The van der Waals surface area contributed by atoms with Crippen LogP contribution in [-0.2, 0) is 0 Å². The second kappa shape index (κ2) is 5.90. The lowest BCUT2D eigenvalue weighted by Gasteiger charge is -2.04. The second-order valence-corrected chi connectivity index (χ2v) is 5.07. The molecular formula is C18H12ClNO. The van der Waals surface area contributed by atoms with Gasteiger partial charge in [0.15, 0.2) is 0 Å². The van der Waals surface area contributed by atoms with Gasteiger partial charge in [0.1, 0.15) is 5.69 Å². The molecule has 0 bridgehead atoms. The second-order valence-electron chi connectivity index (χ2n) is 4.63. The Kier molecular flexibility index (Phi) is 3.80. The molecule has 0 saturated carbocycles. The highest BCUT2D eigenvalue weighted by Crippen LogP contribution is 2.20. The lowest BCUT2D eigenvalue weighted by molar-refractivity contribution is 0.103. The molecule has 0 aliphatic heterocycles. The first-order valence-corrected chi connectivity index (χ1v) is 6.93. The summed E-state index contributed by atoms with van der Waals surface area (Å²) in [4.78, 5) is 16.4. The van der Waals surface area contributed by atoms with Crippen molar-refractivity contribution in [3.63, 3.8) is 0 Å². The Morgan fingerprint density at radius 3 is 2.10 bits per heavy atom. The number of nitrogens with zero attached hydrogens (tertiary/aromatic N) is 1. The van der Waals surface area contributed by atoms with Crippen LogP contribution in [-0.4, -0.2) is 10.8 Å². The van der Waals surface area contributed by atoms with Crippen molar-refractivity contribution in [1.82, 2.24) is 4.98 Å². The number of hydrogen-bond acceptors (Lipinski definition) is 2.